The highest BCUT2D eigenvalue weighted by Crippen LogP contribution is 2.44. The van der Waals surface area contributed by atoms with Gasteiger partial charge >= 0.3 is 0 Å². The lowest BCUT2D eigenvalue weighted by Gasteiger charge is -2.22. The fourth-order valence-corrected chi connectivity index (χ4v) is 6.20. The average Bonchev–Trinajstić information content (AvgIpc) is 3.12. The molecule has 208 valence electrons. The molecule has 0 aliphatic carbocycles. The predicted molar refractivity (Wildman–Crippen MR) is 181 cm³/mol. The molecule has 3 aromatic heterocycles. The van der Waals surface area contributed by atoms with E-state index >= 15 is 0 Å². The van der Waals surface area contributed by atoms with Gasteiger partial charge in [-0.15, -0.1) is 0 Å². The molecule has 1 atom stereocenters. The summed E-state index contributed by atoms with van der Waals surface area (Å²) in [6.45, 7) is 0. The van der Waals surface area contributed by atoms with E-state index in [0.29, 0.717) is 0 Å². The molecule has 1 unspecified atom stereocenters. The molecule has 8 rings (SSSR count). The van der Waals surface area contributed by atoms with Crippen LogP contribution in [0.15, 0.2) is 158 Å². The Morgan fingerprint density at radius 2 is 1.20 bits per heavy atom. The minimum Gasteiger partial charge on any atom is -0.379 e. The van der Waals surface area contributed by atoms with Crippen LogP contribution in [0.4, 0.5) is 0 Å². The van der Waals surface area contributed by atoms with Crippen molar-refractivity contribution in [3.63, 3.8) is 0 Å². The normalized spacial score (nSPS) is 14.4. The first-order valence-electron chi connectivity index (χ1n) is 14.8. The van der Waals surface area contributed by atoms with Crippen LogP contribution in [0.2, 0.25) is 0 Å². The molecule has 44 heavy (non-hydrogen) atoms. The number of fused-ring (bicyclic) bond motifs is 2. The van der Waals surface area contributed by atoms with Gasteiger partial charge in [0.25, 0.3) is 0 Å². The summed E-state index contributed by atoms with van der Waals surface area (Å²) < 4.78 is 0. The van der Waals surface area contributed by atoms with E-state index in [1.165, 1.54) is 43.8 Å². The third-order valence-corrected chi connectivity index (χ3v) is 8.29. The van der Waals surface area contributed by atoms with Crippen LogP contribution in [0.3, 0.4) is 0 Å². The molecule has 0 fully saturated rings. The molecule has 4 heterocycles. The maximum absolute atomic E-state index is 4.85. The number of benzene rings is 4. The van der Waals surface area contributed by atoms with Crippen molar-refractivity contribution in [3.8, 4) is 33.6 Å². The molecular weight excluding hydrogens is 536 g/mol. The van der Waals surface area contributed by atoms with E-state index in [-0.39, 0.29) is 6.04 Å². The van der Waals surface area contributed by atoms with Crippen LogP contribution >= 0.6 is 0 Å². The van der Waals surface area contributed by atoms with Crippen molar-refractivity contribution in [2.24, 2.45) is 0 Å². The lowest BCUT2D eigenvalue weighted by Crippen LogP contribution is -2.17. The lowest BCUT2D eigenvalue weighted by molar-refractivity contribution is 0.724. The Kier molecular flexibility index (Phi) is 6.50. The Balaban J connectivity index is 1.34. The van der Waals surface area contributed by atoms with Crippen LogP contribution in [0, 0.1) is 0 Å². The van der Waals surface area contributed by atoms with Gasteiger partial charge in [0.05, 0.1) is 23.1 Å². The van der Waals surface area contributed by atoms with Crippen molar-refractivity contribution in [2.45, 2.75) is 6.04 Å². The Morgan fingerprint density at radius 1 is 0.500 bits per heavy atom. The molecule has 1 aliphatic heterocycles. The molecule has 1 N–H and O–H groups in total. The summed E-state index contributed by atoms with van der Waals surface area (Å²) in [4.78, 5) is 13.9. The van der Waals surface area contributed by atoms with Crippen LogP contribution in [0.1, 0.15) is 17.3 Å². The van der Waals surface area contributed by atoms with Crippen molar-refractivity contribution >= 4 is 27.1 Å². The third kappa shape index (κ3) is 4.63. The summed E-state index contributed by atoms with van der Waals surface area (Å²) in [5.74, 6) is 0. The van der Waals surface area contributed by atoms with Gasteiger partial charge in [-0.1, -0.05) is 97.1 Å². The highest BCUT2D eigenvalue weighted by atomic mass is 14.9. The summed E-state index contributed by atoms with van der Waals surface area (Å²) in [6.07, 6.45) is 12.2. The van der Waals surface area contributed by atoms with E-state index in [0.717, 1.165) is 28.2 Å². The summed E-state index contributed by atoms with van der Waals surface area (Å²) in [5.41, 5.74) is 9.70. The Hall–Kier alpha value is -5.87. The van der Waals surface area contributed by atoms with Crippen LogP contribution < -0.4 is 5.32 Å². The summed E-state index contributed by atoms with van der Waals surface area (Å²) in [7, 11) is 0. The molecule has 1 aliphatic rings. The summed E-state index contributed by atoms with van der Waals surface area (Å²) in [6, 6.07) is 42.3. The average molecular weight is 565 g/mol. The number of hydrogen-bond donors (Lipinski definition) is 1. The number of dihydropyridines is 1. The Bertz CT molecular complexity index is 2170. The van der Waals surface area contributed by atoms with Crippen molar-refractivity contribution in [3.05, 3.63) is 170 Å². The molecule has 0 bridgehead atoms. The summed E-state index contributed by atoms with van der Waals surface area (Å²) in [5, 5.41) is 8.37. The SMILES string of the molecule is C1=CC(c2ccccn2)NC=C1c1c2ccccc2c(-c2ccc(-c3ccccn3)nc2)c2ccc(-c3ccccc3)cc12. The van der Waals surface area contributed by atoms with Gasteiger partial charge in [0.1, 0.15) is 0 Å². The molecular formula is C40H28N4. The molecule has 0 saturated heterocycles. The predicted octanol–water partition coefficient (Wildman–Crippen LogP) is 9.42. The molecule has 7 aromatic rings. The maximum Gasteiger partial charge on any atom is 0.0886 e. The van der Waals surface area contributed by atoms with E-state index in [1.54, 1.807) is 6.20 Å². The second-order valence-electron chi connectivity index (χ2n) is 10.9. The molecule has 4 aromatic carbocycles. The highest BCUT2D eigenvalue weighted by molar-refractivity contribution is 6.20. The van der Waals surface area contributed by atoms with Crippen LogP contribution in [0.5, 0.6) is 0 Å². The van der Waals surface area contributed by atoms with Gasteiger partial charge in [-0.05, 0) is 85.8 Å². The van der Waals surface area contributed by atoms with Gasteiger partial charge in [-0.25, -0.2) is 0 Å². The zero-order valence-electron chi connectivity index (χ0n) is 23.9. The van der Waals surface area contributed by atoms with Gasteiger partial charge < -0.3 is 5.32 Å². The topological polar surface area (TPSA) is 50.7 Å². The smallest absolute Gasteiger partial charge is 0.0886 e. The monoisotopic (exact) mass is 564 g/mol. The molecule has 4 nitrogen and oxygen atoms in total. The number of hydrogen-bond acceptors (Lipinski definition) is 4. The van der Waals surface area contributed by atoms with E-state index in [1.807, 2.05) is 42.7 Å². The van der Waals surface area contributed by atoms with Gasteiger partial charge in [-0.3, -0.25) is 15.0 Å². The van der Waals surface area contributed by atoms with Crippen molar-refractivity contribution in [2.75, 3.05) is 0 Å². The van der Waals surface area contributed by atoms with Gasteiger partial charge in [-0.2, -0.15) is 0 Å². The molecule has 0 saturated carbocycles. The first-order valence-corrected chi connectivity index (χ1v) is 14.8. The minimum absolute atomic E-state index is 0.0281. The lowest BCUT2D eigenvalue weighted by atomic mass is 9.84. The minimum atomic E-state index is 0.0281. The Morgan fingerprint density at radius 3 is 1.91 bits per heavy atom. The van der Waals surface area contributed by atoms with Gasteiger partial charge in [0.2, 0.25) is 0 Å². The molecule has 4 heteroatoms. The van der Waals surface area contributed by atoms with E-state index in [2.05, 4.69) is 125 Å². The number of nitrogens with zero attached hydrogens (tertiary/aromatic N) is 3. The standard InChI is InChI=1S/C40H28N4/c1-2-10-27(11-3-1)28-16-19-33-34(24-28)40(30-18-21-38(44-26-30)36-15-7-9-23-42-36)32-13-5-4-12-31(32)39(33)29-17-20-37(43-25-29)35-14-6-8-22-41-35/h1-26,38,44H. The van der Waals surface area contributed by atoms with Crippen LogP contribution in [-0.4, -0.2) is 15.0 Å². The second-order valence-corrected chi connectivity index (χ2v) is 10.9. The van der Waals surface area contributed by atoms with Gasteiger partial charge in [0, 0.05) is 30.4 Å². The maximum atomic E-state index is 4.85. The van der Waals surface area contributed by atoms with Crippen LogP contribution in [-0.2, 0) is 0 Å². The summed E-state index contributed by atoms with van der Waals surface area (Å²) >= 11 is 0. The van der Waals surface area contributed by atoms with Gasteiger partial charge in [0.15, 0.2) is 0 Å². The first-order chi connectivity index (χ1) is 21.8. The number of allylic oxidation sites excluding steroid dienone is 2. The number of pyridine rings is 3. The fourth-order valence-electron chi connectivity index (χ4n) is 6.20. The number of nitrogens with one attached hydrogen (secondary N) is 1. The van der Waals surface area contributed by atoms with E-state index in [4.69, 9.17) is 4.98 Å². The number of rotatable bonds is 5. The molecule has 0 amide bonds. The van der Waals surface area contributed by atoms with Crippen molar-refractivity contribution in [1.82, 2.24) is 20.3 Å². The van der Waals surface area contributed by atoms with E-state index < -0.39 is 0 Å². The molecule has 0 spiro atoms. The highest BCUT2D eigenvalue weighted by Gasteiger charge is 2.20. The zero-order valence-corrected chi connectivity index (χ0v) is 23.9. The quantitative estimate of drug-likeness (QED) is 0.212. The Labute approximate surface area is 256 Å². The second kappa shape index (κ2) is 11.1. The fraction of sp³-hybridized carbons (Fsp3) is 0.0250. The molecule has 0 radical (unpaired) electrons. The number of aromatic nitrogens is 3. The van der Waals surface area contributed by atoms with Crippen LogP contribution in [0.25, 0.3) is 60.8 Å². The first kappa shape index (κ1) is 25.8. The van der Waals surface area contributed by atoms with Crippen molar-refractivity contribution < 1.29 is 0 Å². The largest absolute Gasteiger partial charge is 0.379 e. The third-order valence-electron chi connectivity index (χ3n) is 8.29. The zero-order chi connectivity index (χ0) is 29.3. The van der Waals surface area contributed by atoms with E-state index in [9.17, 15) is 0 Å². The van der Waals surface area contributed by atoms with Crippen molar-refractivity contribution in [1.29, 1.82) is 0 Å².